The summed E-state index contributed by atoms with van der Waals surface area (Å²) in [5, 5.41) is 14.0. The highest BCUT2D eigenvalue weighted by Gasteiger charge is 2.38. The van der Waals surface area contributed by atoms with Crippen LogP contribution in [0.4, 0.5) is 0 Å². The molecule has 1 heterocycles. The molecule has 118 valence electrons. The van der Waals surface area contributed by atoms with Gasteiger partial charge in [0.25, 0.3) is 0 Å². The van der Waals surface area contributed by atoms with Gasteiger partial charge in [0.1, 0.15) is 0 Å². The second-order valence-corrected chi connectivity index (χ2v) is 8.04. The van der Waals surface area contributed by atoms with E-state index in [9.17, 15) is 5.11 Å². The van der Waals surface area contributed by atoms with E-state index in [-0.39, 0.29) is 0 Å². The Morgan fingerprint density at radius 1 is 1.15 bits per heavy atom. The van der Waals surface area contributed by atoms with Crippen molar-refractivity contribution in [3.8, 4) is 0 Å². The van der Waals surface area contributed by atoms with Crippen molar-refractivity contribution in [1.29, 1.82) is 0 Å². The minimum absolute atomic E-state index is 0.461. The van der Waals surface area contributed by atoms with Gasteiger partial charge in [-0.15, -0.1) is 0 Å². The van der Waals surface area contributed by atoms with Crippen LogP contribution in [0.25, 0.3) is 0 Å². The maximum atomic E-state index is 10.3. The fraction of sp³-hybridized carbons (Fsp3) is 1.00. The standard InChI is InChI=1S/C17H34N2O/c1-15(2)11-18-12-17(8-4-5-9-17)14-19-10-6-7-16(3,20)13-19/h15,18,20H,4-14H2,1-3H3. The van der Waals surface area contributed by atoms with E-state index in [1.807, 2.05) is 6.92 Å². The van der Waals surface area contributed by atoms with Gasteiger partial charge in [0, 0.05) is 19.6 Å². The molecule has 20 heavy (non-hydrogen) atoms. The molecule has 0 aromatic heterocycles. The molecule has 0 bridgehead atoms. The Morgan fingerprint density at radius 2 is 1.85 bits per heavy atom. The third-order valence-corrected chi connectivity index (χ3v) is 5.03. The van der Waals surface area contributed by atoms with Gasteiger partial charge in [-0.1, -0.05) is 26.7 Å². The molecule has 1 unspecified atom stereocenters. The Kier molecular flexibility index (Phi) is 5.49. The summed E-state index contributed by atoms with van der Waals surface area (Å²) in [5.74, 6) is 0.726. The van der Waals surface area contributed by atoms with E-state index in [2.05, 4.69) is 24.1 Å². The van der Waals surface area contributed by atoms with Gasteiger partial charge in [-0.3, -0.25) is 4.90 Å². The number of hydrogen-bond acceptors (Lipinski definition) is 3. The molecule has 2 rings (SSSR count). The van der Waals surface area contributed by atoms with Crippen molar-refractivity contribution in [1.82, 2.24) is 10.2 Å². The van der Waals surface area contributed by atoms with Gasteiger partial charge in [-0.2, -0.15) is 0 Å². The number of nitrogens with one attached hydrogen (secondary N) is 1. The molecule has 0 aromatic carbocycles. The molecule has 1 saturated carbocycles. The zero-order valence-corrected chi connectivity index (χ0v) is 13.7. The Morgan fingerprint density at radius 3 is 2.45 bits per heavy atom. The van der Waals surface area contributed by atoms with Gasteiger partial charge in [-0.25, -0.2) is 0 Å². The number of rotatable bonds is 6. The molecular weight excluding hydrogens is 248 g/mol. The predicted octanol–water partition coefficient (Wildman–Crippen LogP) is 2.64. The van der Waals surface area contributed by atoms with E-state index < -0.39 is 5.60 Å². The van der Waals surface area contributed by atoms with E-state index in [4.69, 9.17) is 0 Å². The first-order valence-electron chi connectivity index (χ1n) is 8.56. The Labute approximate surface area is 125 Å². The number of β-amino-alcohol motifs (C(OH)–C–C–N with tert-alkyl or cyclic N) is 1. The van der Waals surface area contributed by atoms with Gasteiger partial charge in [0.05, 0.1) is 5.60 Å². The zero-order valence-electron chi connectivity index (χ0n) is 13.7. The van der Waals surface area contributed by atoms with Crippen LogP contribution in [0.3, 0.4) is 0 Å². The van der Waals surface area contributed by atoms with Crippen LogP contribution in [0.15, 0.2) is 0 Å². The van der Waals surface area contributed by atoms with E-state index in [0.717, 1.165) is 38.4 Å². The van der Waals surface area contributed by atoms with Crippen molar-refractivity contribution in [2.24, 2.45) is 11.3 Å². The summed E-state index contributed by atoms with van der Waals surface area (Å²) in [6.07, 6.45) is 7.58. The molecule has 0 radical (unpaired) electrons. The van der Waals surface area contributed by atoms with Crippen LogP contribution in [0.1, 0.15) is 59.3 Å². The van der Waals surface area contributed by atoms with Crippen LogP contribution in [-0.2, 0) is 0 Å². The van der Waals surface area contributed by atoms with Crippen LogP contribution in [-0.4, -0.2) is 48.3 Å². The van der Waals surface area contributed by atoms with Gasteiger partial charge in [0.2, 0.25) is 0 Å². The second-order valence-electron chi connectivity index (χ2n) is 8.04. The largest absolute Gasteiger partial charge is 0.389 e. The summed E-state index contributed by atoms with van der Waals surface area (Å²) in [6.45, 7) is 12.0. The average molecular weight is 282 g/mol. The van der Waals surface area contributed by atoms with Gasteiger partial charge < -0.3 is 10.4 Å². The zero-order chi connectivity index (χ0) is 14.6. The van der Waals surface area contributed by atoms with Crippen LogP contribution >= 0.6 is 0 Å². The summed E-state index contributed by atoms with van der Waals surface area (Å²) < 4.78 is 0. The average Bonchev–Trinajstić information content (AvgIpc) is 2.76. The van der Waals surface area contributed by atoms with Crippen molar-refractivity contribution in [3.63, 3.8) is 0 Å². The molecule has 3 nitrogen and oxygen atoms in total. The third kappa shape index (κ3) is 4.71. The lowest BCUT2D eigenvalue weighted by molar-refractivity contribution is -0.0281. The molecule has 1 aliphatic heterocycles. The number of piperidine rings is 1. The summed E-state index contributed by atoms with van der Waals surface area (Å²) >= 11 is 0. The van der Waals surface area contributed by atoms with Crippen molar-refractivity contribution in [3.05, 3.63) is 0 Å². The normalized spacial score (nSPS) is 31.1. The fourth-order valence-electron chi connectivity index (χ4n) is 4.07. The fourth-order valence-corrected chi connectivity index (χ4v) is 4.07. The van der Waals surface area contributed by atoms with Crippen LogP contribution in [0.2, 0.25) is 0 Å². The lowest BCUT2D eigenvalue weighted by atomic mass is 9.83. The Bertz CT molecular complexity index is 295. The summed E-state index contributed by atoms with van der Waals surface area (Å²) in [7, 11) is 0. The highest BCUT2D eigenvalue weighted by molar-refractivity contribution is 4.92. The molecular formula is C17H34N2O. The maximum Gasteiger partial charge on any atom is 0.0746 e. The van der Waals surface area contributed by atoms with Gasteiger partial charge in [-0.05, 0) is 57.0 Å². The summed E-state index contributed by atoms with van der Waals surface area (Å²) in [4.78, 5) is 2.52. The van der Waals surface area contributed by atoms with Crippen molar-refractivity contribution >= 4 is 0 Å². The SMILES string of the molecule is CC(C)CNCC1(CN2CCCC(C)(O)C2)CCCC1. The lowest BCUT2D eigenvalue weighted by Crippen LogP contribution is -2.51. The van der Waals surface area contributed by atoms with Crippen LogP contribution in [0.5, 0.6) is 0 Å². The molecule has 2 fully saturated rings. The van der Waals surface area contributed by atoms with Crippen molar-refractivity contribution in [2.75, 3.05) is 32.7 Å². The summed E-state index contributed by atoms with van der Waals surface area (Å²) in [6, 6.07) is 0. The molecule has 2 aliphatic rings. The second kappa shape index (κ2) is 6.76. The lowest BCUT2D eigenvalue weighted by Gasteiger charge is -2.42. The van der Waals surface area contributed by atoms with E-state index in [0.29, 0.717) is 5.41 Å². The third-order valence-electron chi connectivity index (χ3n) is 5.03. The molecule has 0 spiro atoms. The molecule has 1 saturated heterocycles. The Hall–Kier alpha value is -0.120. The van der Waals surface area contributed by atoms with E-state index in [1.54, 1.807) is 0 Å². The first kappa shape index (κ1) is 16.3. The minimum atomic E-state index is -0.469. The smallest absolute Gasteiger partial charge is 0.0746 e. The highest BCUT2D eigenvalue weighted by atomic mass is 16.3. The van der Waals surface area contributed by atoms with Crippen LogP contribution in [0, 0.1) is 11.3 Å². The molecule has 3 heteroatoms. The first-order valence-corrected chi connectivity index (χ1v) is 8.56. The maximum absolute atomic E-state index is 10.3. The molecule has 2 N–H and O–H groups in total. The minimum Gasteiger partial charge on any atom is -0.389 e. The summed E-state index contributed by atoms with van der Waals surface area (Å²) in [5.41, 5.74) is -0.00822. The monoisotopic (exact) mass is 282 g/mol. The molecule has 1 aliphatic carbocycles. The number of likely N-dealkylation sites (tertiary alicyclic amines) is 1. The first-order chi connectivity index (χ1) is 9.41. The predicted molar refractivity (Wildman–Crippen MR) is 84.9 cm³/mol. The number of nitrogens with zero attached hydrogens (tertiary/aromatic N) is 1. The van der Waals surface area contributed by atoms with Crippen molar-refractivity contribution < 1.29 is 5.11 Å². The molecule has 0 amide bonds. The number of aliphatic hydroxyl groups is 1. The highest BCUT2D eigenvalue weighted by Crippen LogP contribution is 2.39. The van der Waals surface area contributed by atoms with Crippen LogP contribution < -0.4 is 5.32 Å². The Balaban J connectivity index is 1.88. The van der Waals surface area contributed by atoms with Crippen molar-refractivity contribution in [2.45, 2.75) is 64.9 Å². The molecule has 1 atom stereocenters. The number of hydrogen-bond donors (Lipinski definition) is 2. The molecule has 0 aromatic rings. The van der Waals surface area contributed by atoms with E-state index in [1.165, 1.54) is 38.8 Å². The van der Waals surface area contributed by atoms with Gasteiger partial charge in [0.15, 0.2) is 0 Å². The topological polar surface area (TPSA) is 35.5 Å². The van der Waals surface area contributed by atoms with Gasteiger partial charge >= 0.3 is 0 Å². The van der Waals surface area contributed by atoms with E-state index >= 15 is 0 Å². The quantitative estimate of drug-likeness (QED) is 0.786.